The Morgan fingerprint density at radius 2 is 1.86 bits per heavy atom. The van der Waals surface area contributed by atoms with E-state index in [1.165, 1.54) is 6.07 Å². The van der Waals surface area contributed by atoms with Crippen molar-refractivity contribution >= 4 is 5.78 Å². The van der Waals surface area contributed by atoms with Gasteiger partial charge < -0.3 is 4.74 Å². The number of Topliss-reactive ketones (excluding diaryl/α,β-unsaturated/α-hetero) is 1. The minimum Gasteiger partial charge on any atom is -0.489 e. The van der Waals surface area contributed by atoms with Gasteiger partial charge in [-0.25, -0.2) is 0 Å². The maximum Gasteiger partial charge on any atom is 0.433 e. The highest BCUT2D eigenvalue weighted by Gasteiger charge is 2.32. The average molecular weight is 481 g/mol. The zero-order valence-corrected chi connectivity index (χ0v) is 18.9. The van der Waals surface area contributed by atoms with E-state index in [0.717, 1.165) is 17.8 Å². The number of nitrogens with zero attached hydrogens (tertiary/aromatic N) is 5. The molecule has 180 valence electrons. The van der Waals surface area contributed by atoms with Crippen LogP contribution in [0.2, 0.25) is 0 Å². The number of carbonyl (C=O) groups excluding carboxylic acids is 1. The normalized spacial score (nSPS) is 11.4. The monoisotopic (exact) mass is 481 g/mol. The molecule has 0 bridgehead atoms. The van der Waals surface area contributed by atoms with Crippen LogP contribution in [-0.4, -0.2) is 30.7 Å². The summed E-state index contributed by atoms with van der Waals surface area (Å²) < 4.78 is 45.6. The van der Waals surface area contributed by atoms with Gasteiger partial charge in [0.25, 0.3) is 0 Å². The zero-order chi connectivity index (χ0) is 24.8. The van der Waals surface area contributed by atoms with Gasteiger partial charge in [0.05, 0.1) is 11.9 Å². The second-order valence-electron chi connectivity index (χ2n) is 7.88. The second-order valence-corrected chi connectivity index (χ2v) is 7.88. The molecule has 0 aliphatic heterocycles. The van der Waals surface area contributed by atoms with Gasteiger partial charge in [-0.15, -0.1) is 5.10 Å². The van der Waals surface area contributed by atoms with Crippen LogP contribution in [0.5, 0.6) is 5.75 Å². The maximum absolute atomic E-state index is 12.7. The van der Waals surface area contributed by atoms with Crippen LogP contribution in [0.4, 0.5) is 13.2 Å². The first-order valence-electron chi connectivity index (χ1n) is 10.9. The first-order valence-corrected chi connectivity index (χ1v) is 10.9. The maximum atomic E-state index is 12.7. The van der Waals surface area contributed by atoms with Gasteiger partial charge in [0.1, 0.15) is 18.1 Å². The Morgan fingerprint density at radius 3 is 2.49 bits per heavy atom. The Labute approximate surface area is 199 Å². The molecule has 0 N–H and O–H groups in total. The molecule has 0 aliphatic rings. The summed E-state index contributed by atoms with van der Waals surface area (Å²) in [6.45, 7) is 2.70. The fraction of sp³-hybridized carbons (Fsp3) is 0.240. The van der Waals surface area contributed by atoms with E-state index in [1.807, 2.05) is 6.07 Å². The summed E-state index contributed by atoms with van der Waals surface area (Å²) in [4.78, 5) is 20.3. The van der Waals surface area contributed by atoms with Gasteiger partial charge >= 0.3 is 6.18 Å². The number of ether oxygens (including phenoxy) is 1. The molecule has 0 saturated carbocycles. The van der Waals surface area contributed by atoms with Gasteiger partial charge in [0.15, 0.2) is 5.78 Å². The lowest BCUT2D eigenvalue weighted by molar-refractivity contribution is -0.141. The van der Waals surface area contributed by atoms with Crippen molar-refractivity contribution in [1.29, 1.82) is 0 Å². The van der Waals surface area contributed by atoms with Gasteiger partial charge in [0, 0.05) is 47.7 Å². The topological polar surface area (TPSA) is 82.8 Å². The molecule has 0 radical (unpaired) electrons. The molecule has 0 atom stereocenters. The fourth-order valence-corrected chi connectivity index (χ4v) is 3.41. The lowest BCUT2D eigenvalue weighted by Crippen LogP contribution is -2.07. The SMILES string of the molecule is Cc1nc(-c2ccc(C(F)(F)F)nc2)ccc1COc1ccc(C(=O)CCCn2ccnn2)cc1. The number of halogens is 3. The third-order valence-electron chi connectivity index (χ3n) is 5.38. The van der Waals surface area contributed by atoms with Crippen molar-refractivity contribution in [1.82, 2.24) is 25.0 Å². The molecule has 0 fully saturated rings. The summed E-state index contributed by atoms with van der Waals surface area (Å²) in [5, 5.41) is 7.61. The Kier molecular flexibility index (Phi) is 7.19. The summed E-state index contributed by atoms with van der Waals surface area (Å²) in [5.74, 6) is 0.657. The van der Waals surface area contributed by atoms with Crippen LogP contribution < -0.4 is 4.74 Å². The van der Waals surface area contributed by atoms with E-state index in [-0.39, 0.29) is 12.4 Å². The van der Waals surface area contributed by atoms with Crippen molar-refractivity contribution in [3.8, 4) is 17.0 Å². The number of aromatic nitrogens is 5. The van der Waals surface area contributed by atoms with E-state index >= 15 is 0 Å². The van der Waals surface area contributed by atoms with Gasteiger partial charge in [-0.1, -0.05) is 11.3 Å². The van der Waals surface area contributed by atoms with Crippen molar-refractivity contribution in [3.63, 3.8) is 0 Å². The molecule has 3 heterocycles. The molecule has 35 heavy (non-hydrogen) atoms. The van der Waals surface area contributed by atoms with E-state index in [0.29, 0.717) is 47.7 Å². The molecular weight excluding hydrogens is 459 g/mol. The van der Waals surface area contributed by atoms with Crippen molar-refractivity contribution in [3.05, 3.63) is 89.6 Å². The molecule has 0 aliphatic carbocycles. The van der Waals surface area contributed by atoms with Crippen molar-refractivity contribution < 1.29 is 22.7 Å². The summed E-state index contributed by atoms with van der Waals surface area (Å²) in [6, 6.07) is 12.8. The highest BCUT2D eigenvalue weighted by atomic mass is 19.4. The summed E-state index contributed by atoms with van der Waals surface area (Å²) in [6.07, 6.45) is 1.12. The molecule has 0 amide bonds. The van der Waals surface area contributed by atoms with E-state index in [1.54, 1.807) is 54.3 Å². The van der Waals surface area contributed by atoms with Crippen LogP contribution >= 0.6 is 0 Å². The van der Waals surface area contributed by atoms with Crippen LogP contribution in [0.3, 0.4) is 0 Å². The molecular formula is C25H22F3N5O2. The molecule has 0 saturated heterocycles. The summed E-state index contributed by atoms with van der Waals surface area (Å²) >= 11 is 0. The van der Waals surface area contributed by atoms with Crippen LogP contribution in [0, 0.1) is 6.92 Å². The molecule has 0 unspecified atom stereocenters. The van der Waals surface area contributed by atoms with E-state index in [9.17, 15) is 18.0 Å². The largest absolute Gasteiger partial charge is 0.489 e. The number of ketones is 1. The van der Waals surface area contributed by atoms with Crippen molar-refractivity contribution in [2.75, 3.05) is 0 Å². The fourth-order valence-electron chi connectivity index (χ4n) is 3.41. The second kappa shape index (κ2) is 10.5. The van der Waals surface area contributed by atoms with Crippen LogP contribution in [0.15, 0.2) is 67.1 Å². The number of benzene rings is 1. The molecule has 4 rings (SSSR count). The lowest BCUT2D eigenvalue weighted by Gasteiger charge is -2.11. The summed E-state index contributed by atoms with van der Waals surface area (Å²) in [7, 11) is 0. The predicted octanol–water partition coefficient (Wildman–Crippen LogP) is 5.30. The van der Waals surface area contributed by atoms with Crippen molar-refractivity contribution in [2.45, 2.75) is 39.1 Å². The zero-order valence-electron chi connectivity index (χ0n) is 18.9. The van der Waals surface area contributed by atoms with E-state index in [4.69, 9.17) is 4.74 Å². The lowest BCUT2D eigenvalue weighted by atomic mass is 10.1. The Bertz CT molecular complexity index is 1270. The minimum absolute atomic E-state index is 0.0463. The molecule has 7 nitrogen and oxygen atoms in total. The number of aryl methyl sites for hydroxylation is 2. The molecule has 0 spiro atoms. The average Bonchev–Trinajstić information content (AvgIpc) is 3.37. The number of hydrogen-bond donors (Lipinski definition) is 0. The quantitative estimate of drug-likeness (QED) is 0.302. The number of carbonyl (C=O) groups is 1. The van der Waals surface area contributed by atoms with Gasteiger partial charge in [-0.2, -0.15) is 13.2 Å². The van der Waals surface area contributed by atoms with Gasteiger partial charge in [-0.05, 0) is 55.8 Å². The number of alkyl halides is 3. The first kappa shape index (κ1) is 24.1. The van der Waals surface area contributed by atoms with Crippen LogP contribution in [0.25, 0.3) is 11.3 Å². The third-order valence-corrected chi connectivity index (χ3v) is 5.38. The Morgan fingerprint density at radius 1 is 1.06 bits per heavy atom. The van der Waals surface area contributed by atoms with Gasteiger partial charge in [-0.3, -0.25) is 19.4 Å². The first-order chi connectivity index (χ1) is 16.8. The summed E-state index contributed by atoms with van der Waals surface area (Å²) in [5.41, 5.74) is 2.23. The number of hydrogen-bond acceptors (Lipinski definition) is 6. The highest BCUT2D eigenvalue weighted by Crippen LogP contribution is 2.29. The van der Waals surface area contributed by atoms with E-state index in [2.05, 4.69) is 20.3 Å². The predicted molar refractivity (Wildman–Crippen MR) is 122 cm³/mol. The third kappa shape index (κ3) is 6.28. The van der Waals surface area contributed by atoms with Crippen molar-refractivity contribution in [2.24, 2.45) is 0 Å². The smallest absolute Gasteiger partial charge is 0.433 e. The van der Waals surface area contributed by atoms with Gasteiger partial charge in [0.2, 0.25) is 0 Å². The number of rotatable bonds is 9. The standard InChI is InChI=1S/C25H22F3N5O2/c1-17-20(6-10-22(31-17)19-7-11-24(29-15-19)25(26,27)28)16-35-21-8-4-18(5-9-21)23(34)3-2-13-33-14-12-30-32-33/h4-12,14-15H,2-3,13,16H2,1H3. The van der Waals surface area contributed by atoms with Crippen LogP contribution in [-0.2, 0) is 19.3 Å². The van der Waals surface area contributed by atoms with E-state index < -0.39 is 11.9 Å². The molecule has 10 heteroatoms. The Balaban J connectivity index is 1.31. The molecule has 1 aromatic carbocycles. The van der Waals surface area contributed by atoms with Crippen LogP contribution in [0.1, 0.15) is 40.2 Å². The molecule has 3 aromatic heterocycles. The Hall–Kier alpha value is -4.08. The number of pyridine rings is 2. The highest BCUT2D eigenvalue weighted by molar-refractivity contribution is 5.96. The molecule has 4 aromatic rings. The minimum atomic E-state index is -4.48.